The molecule has 3 fully saturated rings. The van der Waals surface area contributed by atoms with Gasteiger partial charge in [-0.25, -0.2) is 4.90 Å². The van der Waals surface area contributed by atoms with E-state index < -0.39 is 0 Å². The number of para-hydroxylation sites is 1. The minimum absolute atomic E-state index is 0.0618. The highest BCUT2D eigenvalue weighted by Gasteiger charge is 2.63. The van der Waals surface area contributed by atoms with E-state index in [1.807, 2.05) is 66.4 Å². The predicted octanol–water partition coefficient (Wildman–Crippen LogP) is 3.58. The molecule has 3 aliphatic rings. The Bertz CT molecular complexity index is 890. The maximum atomic E-state index is 13.3. The van der Waals surface area contributed by atoms with Crippen molar-refractivity contribution in [2.75, 3.05) is 16.5 Å². The van der Waals surface area contributed by atoms with Gasteiger partial charge in [0, 0.05) is 28.7 Å². The molecule has 0 aromatic heterocycles. The molecule has 132 valence electrons. The molecule has 0 spiro atoms. The molecule has 4 nitrogen and oxygen atoms in total. The van der Waals surface area contributed by atoms with Crippen molar-refractivity contribution >= 4 is 40.9 Å². The molecule has 0 N–H and O–H groups in total. The van der Waals surface area contributed by atoms with Crippen molar-refractivity contribution < 1.29 is 9.59 Å². The first-order chi connectivity index (χ1) is 12.7. The molecule has 0 bridgehead atoms. The summed E-state index contributed by atoms with van der Waals surface area (Å²) in [4.78, 5) is 30.3. The Morgan fingerprint density at radius 2 is 1.73 bits per heavy atom. The zero-order chi connectivity index (χ0) is 17.8. The quantitative estimate of drug-likeness (QED) is 0.742. The third-order valence-electron chi connectivity index (χ3n) is 5.67. The number of nitrogens with zero attached hydrogens (tertiary/aromatic N) is 2. The summed E-state index contributed by atoms with van der Waals surface area (Å²) < 4.78 is 0. The summed E-state index contributed by atoms with van der Waals surface area (Å²) in [7, 11) is 0. The smallest absolute Gasteiger partial charge is 0.239 e. The van der Waals surface area contributed by atoms with Crippen molar-refractivity contribution in [3.05, 3.63) is 65.2 Å². The zero-order valence-electron chi connectivity index (χ0n) is 13.9. The lowest BCUT2D eigenvalue weighted by Crippen LogP contribution is -2.40. The van der Waals surface area contributed by atoms with Crippen LogP contribution in [0.5, 0.6) is 0 Å². The van der Waals surface area contributed by atoms with Gasteiger partial charge < -0.3 is 0 Å². The second-order valence-electron chi connectivity index (χ2n) is 6.98. The average molecular weight is 385 g/mol. The van der Waals surface area contributed by atoms with Crippen LogP contribution in [0.2, 0.25) is 5.02 Å². The highest BCUT2D eigenvalue weighted by atomic mass is 35.5. The van der Waals surface area contributed by atoms with Crippen LogP contribution in [0.1, 0.15) is 11.6 Å². The van der Waals surface area contributed by atoms with Gasteiger partial charge in [-0.2, -0.15) is 0 Å². The molecule has 3 heterocycles. The lowest BCUT2D eigenvalue weighted by atomic mass is 9.87. The number of benzene rings is 2. The molecule has 0 unspecified atom stereocenters. The van der Waals surface area contributed by atoms with Crippen molar-refractivity contribution in [3.8, 4) is 0 Å². The van der Waals surface area contributed by atoms with Crippen molar-refractivity contribution in [2.45, 2.75) is 12.1 Å². The standard InChI is InChI=1S/C20H17ClN2O2S/c21-13-6-4-5-12(9-13)18-17-16(15-10-26-11-22(15)18)19(24)23(20(17)25)14-7-2-1-3-8-14/h1-9,15-18H,10-11H2/t15-,16-,17+,18-/m0/s1. The van der Waals surface area contributed by atoms with Crippen LogP contribution in [0, 0.1) is 11.8 Å². The number of hydrogen-bond donors (Lipinski definition) is 0. The normalized spacial score (nSPS) is 30.7. The van der Waals surface area contributed by atoms with E-state index in [2.05, 4.69) is 4.90 Å². The van der Waals surface area contributed by atoms with Gasteiger partial charge in [0.15, 0.2) is 0 Å². The first-order valence-electron chi connectivity index (χ1n) is 8.68. The van der Waals surface area contributed by atoms with Crippen LogP contribution >= 0.6 is 23.4 Å². The van der Waals surface area contributed by atoms with Crippen LogP contribution in [-0.2, 0) is 9.59 Å². The lowest BCUT2D eigenvalue weighted by molar-refractivity contribution is -0.123. The summed E-state index contributed by atoms with van der Waals surface area (Å²) in [6.45, 7) is 0. The number of imide groups is 1. The molecule has 2 aromatic rings. The van der Waals surface area contributed by atoms with E-state index >= 15 is 0 Å². The fraction of sp³-hybridized carbons (Fsp3) is 0.300. The number of amides is 2. The second kappa shape index (κ2) is 6.12. The second-order valence-corrected chi connectivity index (χ2v) is 8.42. The van der Waals surface area contributed by atoms with Crippen molar-refractivity contribution in [2.24, 2.45) is 11.8 Å². The number of carbonyl (C=O) groups excluding carboxylic acids is 2. The average Bonchev–Trinajstić information content (AvgIpc) is 3.28. The Hall–Kier alpha value is -1.82. The van der Waals surface area contributed by atoms with Crippen molar-refractivity contribution in [3.63, 3.8) is 0 Å². The summed E-state index contributed by atoms with van der Waals surface area (Å²) in [6.07, 6.45) is 0. The maximum absolute atomic E-state index is 13.3. The molecule has 0 radical (unpaired) electrons. The van der Waals surface area contributed by atoms with Crippen LogP contribution in [-0.4, -0.2) is 34.4 Å². The van der Waals surface area contributed by atoms with E-state index in [4.69, 9.17) is 11.6 Å². The number of anilines is 1. The van der Waals surface area contributed by atoms with Gasteiger partial charge in [0.2, 0.25) is 11.8 Å². The minimum Gasteiger partial charge on any atom is -0.282 e. The number of halogens is 1. The summed E-state index contributed by atoms with van der Waals surface area (Å²) in [5.74, 6) is 0.971. The van der Waals surface area contributed by atoms with E-state index in [0.29, 0.717) is 10.7 Å². The van der Waals surface area contributed by atoms with Crippen LogP contribution < -0.4 is 4.90 Å². The number of thioether (sulfide) groups is 1. The highest BCUT2D eigenvalue weighted by Crippen LogP contribution is 2.54. The molecular formula is C20H17ClN2O2S. The van der Waals surface area contributed by atoms with Gasteiger partial charge in [-0.3, -0.25) is 14.5 Å². The molecule has 0 aliphatic carbocycles. The Labute approximate surface area is 161 Å². The van der Waals surface area contributed by atoms with E-state index in [-0.39, 0.29) is 35.7 Å². The van der Waals surface area contributed by atoms with Crippen molar-refractivity contribution in [1.29, 1.82) is 0 Å². The topological polar surface area (TPSA) is 40.6 Å². The van der Waals surface area contributed by atoms with E-state index in [0.717, 1.165) is 17.2 Å². The largest absolute Gasteiger partial charge is 0.282 e. The van der Waals surface area contributed by atoms with Crippen LogP contribution in [0.4, 0.5) is 5.69 Å². The molecule has 3 saturated heterocycles. The fourth-order valence-corrected chi connectivity index (χ4v) is 6.15. The number of hydrogen-bond acceptors (Lipinski definition) is 4. The van der Waals surface area contributed by atoms with Gasteiger partial charge in [-0.15, -0.1) is 11.8 Å². The molecule has 2 amide bonds. The SMILES string of the molecule is O=C1[C@@H]2[C@@H](C(=O)N1c1ccccc1)[C@H](c1cccc(Cl)c1)N1CSC[C@@H]21. The Kier molecular flexibility index (Phi) is 3.85. The fourth-order valence-electron chi connectivity index (χ4n) is 4.64. The third-order valence-corrected chi connectivity index (χ3v) is 6.96. The molecule has 6 heteroatoms. The van der Waals surface area contributed by atoms with Gasteiger partial charge in [-0.1, -0.05) is 41.9 Å². The minimum atomic E-state index is -0.341. The Balaban J connectivity index is 1.60. The monoisotopic (exact) mass is 384 g/mol. The van der Waals surface area contributed by atoms with E-state index in [1.54, 1.807) is 0 Å². The molecular weight excluding hydrogens is 368 g/mol. The van der Waals surface area contributed by atoms with Gasteiger partial charge in [-0.05, 0) is 29.8 Å². The molecule has 26 heavy (non-hydrogen) atoms. The molecule has 2 aromatic carbocycles. The van der Waals surface area contributed by atoms with Gasteiger partial charge in [0.05, 0.1) is 17.5 Å². The zero-order valence-corrected chi connectivity index (χ0v) is 15.5. The Morgan fingerprint density at radius 1 is 0.962 bits per heavy atom. The molecule has 3 aliphatic heterocycles. The Morgan fingerprint density at radius 3 is 2.50 bits per heavy atom. The van der Waals surface area contributed by atoms with E-state index in [9.17, 15) is 9.59 Å². The van der Waals surface area contributed by atoms with Crippen molar-refractivity contribution in [1.82, 2.24) is 4.90 Å². The first kappa shape index (κ1) is 16.4. The van der Waals surface area contributed by atoms with Gasteiger partial charge >= 0.3 is 0 Å². The third kappa shape index (κ3) is 2.27. The van der Waals surface area contributed by atoms with Gasteiger partial charge in [0.25, 0.3) is 0 Å². The predicted molar refractivity (Wildman–Crippen MR) is 103 cm³/mol. The number of carbonyl (C=O) groups is 2. The molecule has 5 rings (SSSR count). The summed E-state index contributed by atoms with van der Waals surface area (Å²) in [5, 5.41) is 0.658. The first-order valence-corrected chi connectivity index (χ1v) is 10.2. The lowest BCUT2D eigenvalue weighted by Gasteiger charge is -2.28. The van der Waals surface area contributed by atoms with Gasteiger partial charge in [0.1, 0.15) is 0 Å². The van der Waals surface area contributed by atoms with Crippen LogP contribution in [0.15, 0.2) is 54.6 Å². The van der Waals surface area contributed by atoms with E-state index in [1.165, 1.54) is 4.90 Å². The summed E-state index contributed by atoms with van der Waals surface area (Å²) >= 11 is 8.04. The maximum Gasteiger partial charge on any atom is 0.239 e. The molecule has 0 saturated carbocycles. The number of fused-ring (bicyclic) bond motifs is 3. The summed E-state index contributed by atoms with van der Waals surface area (Å²) in [6, 6.07) is 17.0. The summed E-state index contributed by atoms with van der Waals surface area (Å²) in [5.41, 5.74) is 1.69. The molecule has 4 atom stereocenters. The highest BCUT2D eigenvalue weighted by molar-refractivity contribution is 7.99. The number of rotatable bonds is 2. The van der Waals surface area contributed by atoms with Crippen LogP contribution in [0.3, 0.4) is 0 Å². The van der Waals surface area contributed by atoms with Crippen LogP contribution in [0.25, 0.3) is 0 Å².